The van der Waals surface area contributed by atoms with E-state index in [1.807, 2.05) is 65.7 Å². The number of rotatable bonds is 5. The highest BCUT2D eigenvalue weighted by Gasteiger charge is 2.42. The zero-order valence-corrected chi connectivity index (χ0v) is 25.2. The molecular weight excluding hydrogens is 554 g/mol. The number of piperidine rings is 1. The molecule has 9 heteroatoms. The number of hydrogen-bond acceptors (Lipinski definition) is 5. The molecule has 0 radical (unpaired) electrons. The summed E-state index contributed by atoms with van der Waals surface area (Å²) >= 11 is 0. The van der Waals surface area contributed by atoms with E-state index in [0.29, 0.717) is 71.2 Å². The van der Waals surface area contributed by atoms with Gasteiger partial charge in [0.15, 0.2) is 0 Å². The van der Waals surface area contributed by atoms with Crippen LogP contribution in [0.25, 0.3) is 10.9 Å². The van der Waals surface area contributed by atoms with Gasteiger partial charge in [0.2, 0.25) is 17.7 Å². The number of nitrogens with one attached hydrogen (secondary N) is 3. The molecule has 4 heterocycles. The molecule has 2 fully saturated rings. The van der Waals surface area contributed by atoms with Crippen LogP contribution in [0.1, 0.15) is 43.2 Å². The molecule has 0 saturated carbocycles. The Bertz CT molecular complexity index is 1500. The molecular formula is C35H43N5O4. The van der Waals surface area contributed by atoms with Crippen LogP contribution in [-0.4, -0.2) is 72.0 Å². The molecule has 0 unspecified atom stereocenters. The highest BCUT2D eigenvalue weighted by molar-refractivity contribution is 5.91. The number of aromatic nitrogens is 1. The van der Waals surface area contributed by atoms with Crippen LogP contribution in [0.4, 0.5) is 0 Å². The minimum absolute atomic E-state index is 0.0336. The number of allylic oxidation sites excluding steroid dienone is 2. The molecule has 1 spiro atoms. The van der Waals surface area contributed by atoms with Gasteiger partial charge >= 0.3 is 0 Å². The van der Waals surface area contributed by atoms with Gasteiger partial charge in [0.1, 0.15) is 6.04 Å². The number of amides is 3. The van der Waals surface area contributed by atoms with Gasteiger partial charge in [0, 0.05) is 61.8 Å². The van der Waals surface area contributed by atoms with Gasteiger partial charge in [-0.1, -0.05) is 60.7 Å². The van der Waals surface area contributed by atoms with E-state index in [-0.39, 0.29) is 29.7 Å². The average Bonchev–Trinajstić information content (AvgIpc) is 3.46. The lowest BCUT2D eigenvalue weighted by Gasteiger charge is -2.41. The van der Waals surface area contributed by atoms with E-state index in [1.54, 1.807) is 0 Å². The number of nitrogens with two attached hydrogens (primary N) is 1. The summed E-state index contributed by atoms with van der Waals surface area (Å²) < 4.78 is 5.61. The number of fused-ring (bicyclic) bond motifs is 2. The third-order valence-corrected chi connectivity index (χ3v) is 9.76. The van der Waals surface area contributed by atoms with Crippen molar-refractivity contribution < 1.29 is 19.1 Å². The van der Waals surface area contributed by atoms with Gasteiger partial charge in [-0.15, -0.1) is 0 Å². The van der Waals surface area contributed by atoms with Crippen molar-refractivity contribution in [2.75, 3.05) is 26.3 Å². The lowest BCUT2D eigenvalue weighted by Crippen LogP contribution is -2.59. The normalized spacial score (nSPS) is 25.7. The summed E-state index contributed by atoms with van der Waals surface area (Å²) in [6, 6.07) is 16.4. The van der Waals surface area contributed by atoms with Crippen molar-refractivity contribution in [2.45, 2.75) is 63.1 Å². The SMILES string of the molecule is N[C@@H](Cc1c[nH]c2ccccc12)C(=O)N1CC[C@H]2NC(=O)[C@@H](Cc3ccccc3)NC(=O)C3(C/C=C/C[C@@H]2C1)CCOCC3. The van der Waals surface area contributed by atoms with Crippen LogP contribution in [0.5, 0.6) is 0 Å². The van der Waals surface area contributed by atoms with Crippen molar-refractivity contribution in [3.8, 4) is 0 Å². The zero-order valence-electron chi connectivity index (χ0n) is 25.2. The second-order valence-electron chi connectivity index (χ2n) is 12.6. The molecule has 9 nitrogen and oxygen atoms in total. The van der Waals surface area contributed by atoms with E-state index in [9.17, 15) is 14.4 Å². The van der Waals surface area contributed by atoms with E-state index < -0.39 is 17.5 Å². The van der Waals surface area contributed by atoms with Gasteiger partial charge in [-0.05, 0) is 55.7 Å². The monoisotopic (exact) mass is 597 g/mol. The third kappa shape index (κ3) is 6.59. The molecule has 5 N–H and O–H groups in total. The van der Waals surface area contributed by atoms with Crippen LogP contribution in [0.15, 0.2) is 72.9 Å². The fourth-order valence-electron chi connectivity index (χ4n) is 7.04. The predicted octanol–water partition coefficient (Wildman–Crippen LogP) is 3.25. The molecule has 4 atom stereocenters. The van der Waals surface area contributed by atoms with Gasteiger partial charge in [-0.3, -0.25) is 14.4 Å². The molecule has 0 bridgehead atoms. The number of aromatic amines is 1. The van der Waals surface area contributed by atoms with Crippen LogP contribution in [0, 0.1) is 11.3 Å². The first-order chi connectivity index (χ1) is 21.4. The van der Waals surface area contributed by atoms with E-state index in [2.05, 4.69) is 27.8 Å². The van der Waals surface area contributed by atoms with Gasteiger partial charge in [-0.25, -0.2) is 0 Å². The Morgan fingerprint density at radius 1 is 1.02 bits per heavy atom. The van der Waals surface area contributed by atoms with Crippen LogP contribution in [0.3, 0.4) is 0 Å². The van der Waals surface area contributed by atoms with Gasteiger partial charge in [-0.2, -0.15) is 0 Å². The maximum atomic E-state index is 13.8. The fraction of sp³-hybridized carbons (Fsp3) is 0.457. The molecule has 3 aliphatic rings. The predicted molar refractivity (Wildman–Crippen MR) is 170 cm³/mol. The summed E-state index contributed by atoms with van der Waals surface area (Å²) in [5, 5.41) is 7.50. The van der Waals surface area contributed by atoms with Gasteiger partial charge in [0.05, 0.1) is 11.5 Å². The van der Waals surface area contributed by atoms with Crippen LogP contribution < -0.4 is 16.4 Å². The zero-order chi connectivity index (χ0) is 30.5. The number of para-hydroxylation sites is 1. The lowest BCUT2D eigenvalue weighted by atomic mass is 9.75. The quantitative estimate of drug-likeness (QED) is 0.336. The molecule has 232 valence electrons. The highest BCUT2D eigenvalue weighted by Crippen LogP contribution is 2.36. The van der Waals surface area contributed by atoms with Gasteiger partial charge < -0.3 is 31.0 Å². The Morgan fingerprint density at radius 2 is 1.80 bits per heavy atom. The van der Waals surface area contributed by atoms with E-state index >= 15 is 0 Å². The molecule has 44 heavy (non-hydrogen) atoms. The van der Waals surface area contributed by atoms with Crippen LogP contribution in [0.2, 0.25) is 0 Å². The molecule has 1 aromatic heterocycles. The number of nitrogens with zero attached hydrogens (tertiary/aromatic N) is 1. The molecule has 0 aliphatic carbocycles. The smallest absolute Gasteiger partial charge is 0.243 e. The maximum Gasteiger partial charge on any atom is 0.243 e. The largest absolute Gasteiger partial charge is 0.381 e. The second kappa shape index (κ2) is 13.4. The second-order valence-corrected chi connectivity index (χ2v) is 12.6. The summed E-state index contributed by atoms with van der Waals surface area (Å²) in [5.74, 6) is -0.292. The summed E-state index contributed by atoms with van der Waals surface area (Å²) in [6.45, 7) is 2.09. The first-order valence-electron chi connectivity index (χ1n) is 15.9. The number of carbonyl (C=O) groups excluding carboxylic acids is 3. The number of likely N-dealkylation sites (tertiary alicyclic amines) is 1. The standard InChI is InChI=1S/C35H43N5O4/c36-28(21-26-22-37-30-12-5-4-11-27(26)30)33(42)40-17-13-29-25(23-40)10-6-7-14-35(15-18-44-19-16-35)34(43)39-31(32(41)38-29)20-24-8-2-1-3-9-24/h1-9,11-12,22,25,28-29,31,37H,10,13-21,23,36H2,(H,38,41)(H,39,43)/b7-6+/t25-,28+,29-,31-/m1/s1. The molecule has 3 amide bonds. The van der Waals surface area contributed by atoms with Gasteiger partial charge in [0.25, 0.3) is 0 Å². The van der Waals surface area contributed by atoms with Crippen molar-refractivity contribution in [2.24, 2.45) is 17.1 Å². The van der Waals surface area contributed by atoms with Crippen molar-refractivity contribution in [3.05, 3.63) is 84.1 Å². The summed E-state index contributed by atoms with van der Waals surface area (Å²) in [6.07, 6.45) is 10.2. The number of hydrogen-bond donors (Lipinski definition) is 4. The minimum atomic E-state index is -0.696. The Morgan fingerprint density at radius 3 is 2.61 bits per heavy atom. The first-order valence-corrected chi connectivity index (χ1v) is 15.9. The fourth-order valence-corrected chi connectivity index (χ4v) is 7.04. The number of carbonyl (C=O) groups is 3. The Balaban J connectivity index is 1.19. The maximum absolute atomic E-state index is 13.8. The van der Waals surface area contributed by atoms with Crippen molar-refractivity contribution in [1.29, 1.82) is 0 Å². The summed E-state index contributed by atoms with van der Waals surface area (Å²) in [4.78, 5) is 46.3. The molecule has 3 aromatic rings. The molecule has 2 aromatic carbocycles. The highest BCUT2D eigenvalue weighted by atomic mass is 16.5. The Hall–Kier alpha value is -3.95. The Kier molecular flexibility index (Phi) is 9.14. The Labute approximate surface area is 258 Å². The first kappa shape index (κ1) is 30.1. The summed E-state index contributed by atoms with van der Waals surface area (Å²) in [7, 11) is 0. The topological polar surface area (TPSA) is 130 Å². The lowest BCUT2D eigenvalue weighted by molar-refractivity contribution is -0.140. The molecule has 2 saturated heterocycles. The van der Waals surface area contributed by atoms with E-state index in [0.717, 1.165) is 22.0 Å². The number of ether oxygens (including phenoxy) is 1. The third-order valence-electron chi connectivity index (χ3n) is 9.76. The van der Waals surface area contributed by atoms with E-state index in [4.69, 9.17) is 10.5 Å². The van der Waals surface area contributed by atoms with Crippen molar-refractivity contribution in [1.82, 2.24) is 20.5 Å². The average molecular weight is 598 g/mol. The molecule has 6 rings (SSSR count). The number of H-pyrrole nitrogens is 1. The number of benzene rings is 2. The van der Waals surface area contributed by atoms with Crippen molar-refractivity contribution >= 4 is 28.6 Å². The molecule has 3 aliphatic heterocycles. The van der Waals surface area contributed by atoms with Crippen LogP contribution >= 0.6 is 0 Å². The minimum Gasteiger partial charge on any atom is -0.381 e. The van der Waals surface area contributed by atoms with Crippen molar-refractivity contribution in [3.63, 3.8) is 0 Å². The summed E-state index contributed by atoms with van der Waals surface area (Å²) in [5.41, 5.74) is 8.95. The van der Waals surface area contributed by atoms with Crippen LogP contribution in [-0.2, 0) is 32.0 Å². The van der Waals surface area contributed by atoms with E-state index in [1.165, 1.54) is 0 Å².